The number of carbonyl (C=O) groups excluding carboxylic acids is 6. The molecule has 2 unspecified atom stereocenters. The number of rotatable bonds is 27. The van der Waals surface area contributed by atoms with Crippen molar-refractivity contribution in [2.24, 2.45) is 0 Å². The van der Waals surface area contributed by atoms with Gasteiger partial charge in [-0.3, -0.25) is 28.8 Å². The lowest BCUT2D eigenvalue weighted by Gasteiger charge is -2.41. The average molecular weight is 1030 g/mol. The molecule has 2 aromatic heterocycles. The number of nitrogens with one attached hydrogen (secondary N) is 4. The van der Waals surface area contributed by atoms with Crippen LogP contribution in [0.1, 0.15) is 141 Å². The molecule has 73 heavy (non-hydrogen) atoms. The number of ketones is 2. The van der Waals surface area contributed by atoms with Crippen molar-refractivity contribution in [3.63, 3.8) is 0 Å². The number of ether oxygens (including phenoxy) is 4. The lowest BCUT2D eigenvalue weighted by Crippen LogP contribution is -2.55. The molecule has 0 aliphatic carbocycles. The molecule has 1 fully saturated rings. The smallest absolute Gasteiger partial charge is 0.270 e. The molecule has 2 aliphatic rings. The number of amides is 4. The van der Waals surface area contributed by atoms with Gasteiger partial charge in [0.05, 0.1) is 42.6 Å². The number of aromatic nitrogens is 3. The van der Waals surface area contributed by atoms with Gasteiger partial charge < -0.3 is 54.6 Å². The van der Waals surface area contributed by atoms with E-state index in [1.165, 1.54) is 6.92 Å². The van der Waals surface area contributed by atoms with E-state index in [0.717, 1.165) is 31.4 Å². The Hall–Kier alpha value is -5.54. The summed E-state index contributed by atoms with van der Waals surface area (Å²) in [4.78, 5) is 91.0. The zero-order valence-electron chi connectivity index (χ0n) is 45.3. The average Bonchev–Trinajstić information content (AvgIpc) is 4.05. The Kier molecular flexibility index (Phi) is 20.5. The van der Waals surface area contributed by atoms with Crippen LogP contribution in [0.3, 0.4) is 0 Å². The minimum atomic E-state index is -1.42. The summed E-state index contributed by atoms with van der Waals surface area (Å²) >= 11 is 1.03. The molecule has 4 N–H and O–H groups in total. The number of anilines is 3. The van der Waals surface area contributed by atoms with Crippen LogP contribution in [0.2, 0.25) is 0 Å². The molecule has 0 spiro atoms. The molecule has 2 aliphatic heterocycles. The van der Waals surface area contributed by atoms with Crippen molar-refractivity contribution in [2.75, 3.05) is 81.2 Å². The zero-order chi connectivity index (χ0) is 53.8. The number of H-pyrrole nitrogens is 1. The molecule has 19 nitrogen and oxygen atoms in total. The van der Waals surface area contributed by atoms with E-state index < -0.39 is 40.6 Å². The summed E-state index contributed by atoms with van der Waals surface area (Å²) in [7, 11) is 0. The molecule has 5 rings (SSSR count). The topological polar surface area (TPSA) is 227 Å². The van der Waals surface area contributed by atoms with E-state index in [4.69, 9.17) is 18.9 Å². The van der Waals surface area contributed by atoms with E-state index in [1.54, 1.807) is 43.0 Å². The van der Waals surface area contributed by atoms with Crippen molar-refractivity contribution in [1.29, 1.82) is 0 Å². The second-order valence-corrected chi connectivity index (χ2v) is 20.5. The van der Waals surface area contributed by atoms with Crippen LogP contribution < -0.4 is 25.6 Å². The summed E-state index contributed by atoms with van der Waals surface area (Å²) in [5.41, 5.74) is 1.08. The summed E-state index contributed by atoms with van der Waals surface area (Å²) < 4.78 is 33.9. The monoisotopic (exact) mass is 1030 g/mol. The third-order valence-corrected chi connectivity index (χ3v) is 14.5. The standard InChI is InChI=1S/C53H79N9O10S/c1-14-52(13,72-38(31-62(36(9)63)51(10,11)12)32-70-50-47(58-73-59-50)61-25-27-69-28-26-61)46(66)35(8)71-53(15-2,16-3)43(64)21-22-44(65)56-37-19-20-41-39(29-37)40(48(67)57-41)30-42-33(6)45(34(7)55-42)49(68)54-23-24-60(17-4)18-5/h19-20,29-30,35,38,55H,14-18,21-28,31-32H2,1-13H3,(H,54,68)(H,56,65)(H,57,67)/b40-30-/t35?,38-,52?/m0/s1. The quantitative estimate of drug-likeness (QED) is 0.0565. The molecule has 4 heterocycles. The third-order valence-electron chi connectivity index (χ3n) is 14.0. The number of aromatic amines is 1. The molecule has 1 saturated heterocycles. The Morgan fingerprint density at radius 1 is 0.959 bits per heavy atom. The summed E-state index contributed by atoms with van der Waals surface area (Å²) in [5.74, 6) is -0.900. The minimum Gasteiger partial charge on any atom is -0.472 e. The van der Waals surface area contributed by atoms with Crippen LogP contribution in [0.15, 0.2) is 18.2 Å². The number of hydrogen-bond donors (Lipinski definition) is 4. The highest BCUT2D eigenvalue weighted by Crippen LogP contribution is 2.37. The van der Waals surface area contributed by atoms with Gasteiger partial charge in [0, 0.05) is 79.8 Å². The Labute approximate surface area is 435 Å². The Balaban J connectivity index is 1.25. The molecule has 402 valence electrons. The number of aryl methyl sites for hydroxylation is 1. The second-order valence-electron chi connectivity index (χ2n) is 19.9. The van der Waals surface area contributed by atoms with Gasteiger partial charge in [0.15, 0.2) is 11.6 Å². The van der Waals surface area contributed by atoms with Gasteiger partial charge in [-0.15, -0.1) is 4.37 Å². The van der Waals surface area contributed by atoms with Crippen LogP contribution in [0, 0.1) is 13.8 Å². The first-order valence-electron chi connectivity index (χ1n) is 25.7. The molecule has 1 aromatic carbocycles. The van der Waals surface area contributed by atoms with Crippen LogP contribution >= 0.6 is 11.7 Å². The summed E-state index contributed by atoms with van der Waals surface area (Å²) in [6.07, 6.45) is 0.245. The first-order chi connectivity index (χ1) is 34.5. The maximum atomic E-state index is 14.6. The molecular formula is C53H79N9O10S. The van der Waals surface area contributed by atoms with Crippen molar-refractivity contribution in [3.8, 4) is 5.88 Å². The highest BCUT2D eigenvalue weighted by atomic mass is 32.1. The van der Waals surface area contributed by atoms with Crippen molar-refractivity contribution in [3.05, 3.63) is 46.3 Å². The van der Waals surface area contributed by atoms with Crippen molar-refractivity contribution in [2.45, 2.75) is 151 Å². The maximum Gasteiger partial charge on any atom is 0.270 e. The minimum absolute atomic E-state index is 0.0413. The Morgan fingerprint density at radius 2 is 1.64 bits per heavy atom. The predicted molar refractivity (Wildman–Crippen MR) is 284 cm³/mol. The number of likely N-dealkylation sites (N-methyl/N-ethyl adjacent to an activating group) is 1. The fraction of sp³-hybridized carbons (Fsp3) is 0.623. The first-order valence-corrected chi connectivity index (χ1v) is 26.4. The number of hydrogen-bond acceptors (Lipinski definition) is 15. The van der Waals surface area contributed by atoms with Crippen molar-refractivity contribution < 1.29 is 47.7 Å². The lowest BCUT2D eigenvalue weighted by atomic mass is 9.87. The van der Waals surface area contributed by atoms with Crippen LogP contribution in [-0.4, -0.2) is 153 Å². The molecule has 3 atom stereocenters. The highest BCUT2D eigenvalue weighted by Gasteiger charge is 2.45. The summed E-state index contributed by atoms with van der Waals surface area (Å²) in [6, 6.07) is 5.08. The van der Waals surface area contributed by atoms with E-state index in [2.05, 4.69) is 48.4 Å². The fourth-order valence-electron chi connectivity index (χ4n) is 9.44. The number of Topliss-reactive ketones (excluding diaryl/α,β-unsaturated/α-hetero) is 2. The normalized spacial score (nSPS) is 16.2. The van der Waals surface area contributed by atoms with E-state index >= 15 is 0 Å². The predicted octanol–water partition coefficient (Wildman–Crippen LogP) is 6.98. The van der Waals surface area contributed by atoms with Gasteiger partial charge in [0.25, 0.3) is 17.7 Å². The molecular weight excluding hydrogens is 955 g/mol. The summed E-state index contributed by atoms with van der Waals surface area (Å²) in [6.45, 7) is 29.3. The van der Waals surface area contributed by atoms with Gasteiger partial charge >= 0.3 is 0 Å². The van der Waals surface area contributed by atoms with Crippen molar-refractivity contribution >= 4 is 75.8 Å². The molecule has 0 saturated carbocycles. The number of nitrogens with zero attached hydrogens (tertiary/aromatic N) is 5. The third kappa shape index (κ3) is 14.4. The van der Waals surface area contributed by atoms with Gasteiger partial charge in [-0.25, -0.2) is 0 Å². The molecule has 0 bridgehead atoms. The fourth-order valence-corrected chi connectivity index (χ4v) is 9.96. The first kappa shape index (κ1) is 58.4. The number of morpholine rings is 1. The van der Waals surface area contributed by atoms with Crippen LogP contribution in [-0.2, 0) is 38.2 Å². The van der Waals surface area contributed by atoms with Crippen LogP contribution in [0.4, 0.5) is 17.2 Å². The van der Waals surface area contributed by atoms with Crippen LogP contribution in [0.25, 0.3) is 11.6 Å². The second kappa shape index (κ2) is 25.6. The van der Waals surface area contributed by atoms with E-state index in [-0.39, 0.29) is 68.8 Å². The molecule has 20 heteroatoms. The number of fused-ring (bicyclic) bond motifs is 1. The van der Waals surface area contributed by atoms with Gasteiger partial charge in [-0.2, -0.15) is 4.37 Å². The van der Waals surface area contributed by atoms with Crippen molar-refractivity contribution in [1.82, 2.24) is 28.8 Å². The Bertz CT molecular complexity index is 2470. The van der Waals surface area contributed by atoms with E-state index in [0.29, 0.717) is 89.6 Å². The zero-order valence-corrected chi connectivity index (χ0v) is 46.1. The summed E-state index contributed by atoms with van der Waals surface area (Å²) in [5, 5.41) is 8.77. The molecule has 0 radical (unpaired) electrons. The number of benzene rings is 1. The Morgan fingerprint density at radius 3 is 2.26 bits per heavy atom. The molecule has 4 amide bonds. The maximum absolute atomic E-state index is 14.6. The van der Waals surface area contributed by atoms with E-state index in [1.807, 2.05) is 60.3 Å². The van der Waals surface area contributed by atoms with Gasteiger partial charge in [-0.1, -0.05) is 34.6 Å². The molecule has 3 aromatic rings. The largest absolute Gasteiger partial charge is 0.472 e. The van der Waals surface area contributed by atoms with Gasteiger partial charge in [0.1, 0.15) is 30.0 Å². The van der Waals surface area contributed by atoms with E-state index in [9.17, 15) is 28.8 Å². The SMILES string of the molecule is CCN(CC)CCNC(=O)c1c(C)[nH]c(/C=C2\C(=O)Nc3ccc(NC(=O)CCC(=O)C(CC)(CC)OC(C)C(=O)C(C)(CC)O[C@H](COc4nsnc4N4CCOCC4)CN(C(C)=O)C(C)(C)C)cc32)c1C. The van der Waals surface area contributed by atoms with Gasteiger partial charge in [-0.05, 0) is 111 Å². The van der Waals surface area contributed by atoms with Crippen LogP contribution in [0.5, 0.6) is 5.88 Å². The number of carbonyl (C=O) groups is 6. The highest BCUT2D eigenvalue weighted by molar-refractivity contribution is 6.99. The lowest BCUT2D eigenvalue weighted by molar-refractivity contribution is -0.180. The van der Waals surface area contributed by atoms with Gasteiger partial charge in [0.2, 0.25) is 17.6 Å².